The third-order valence-electron chi connectivity index (χ3n) is 8.34. The van der Waals surface area contributed by atoms with E-state index in [1.165, 1.54) is 12.3 Å². The van der Waals surface area contributed by atoms with Crippen LogP contribution in [0.25, 0.3) is 0 Å². The summed E-state index contributed by atoms with van der Waals surface area (Å²) in [6.07, 6.45) is 6.92. The van der Waals surface area contributed by atoms with Crippen molar-refractivity contribution in [1.29, 1.82) is 0 Å². The fraction of sp³-hybridized carbons (Fsp3) is 0.774. The van der Waals surface area contributed by atoms with Crippen LogP contribution >= 0.6 is 11.3 Å². The number of rotatable bonds is 17. The van der Waals surface area contributed by atoms with Crippen LogP contribution in [0.5, 0.6) is 0 Å². The van der Waals surface area contributed by atoms with Crippen LogP contribution in [0.2, 0.25) is 0 Å². The van der Waals surface area contributed by atoms with Crippen LogP contribution in [0, 0.1) is 11.8 Å². The van der Waals surface area contributed by atoms with E-state index in [0.29, 0.717) is 11.6 Å². The van der Waals surface area contributed by atoms with Crippen LogP contribution in [0.3, 0.4) is 0 Å². The van der Waals surface area contributed by atoms with Crippen molar-refractivity contribution in [2.24, 2.45) is 11.8 Å². The zero-order valence-corrected chi connectivity index (χ0v) is 27.4. The van der Waals surface area contributed by atoms with E-state index in [9.17, 15) is 24.3 Å². The molecule has 238 valence electrons. The van der Waals surface area contributed by atoms with E-state index >= 15 is 0 Å². The Bertz CT molecular complexity index is 1030. The molecule has 0 spiro atoms. The van der Waals surface area contributed by atoms with Crippen molar-refractivity contribution in [2.75, 3.05) is 20.1 Å². The molecule has 2 rings (SSSR count). The Morgan fingerprint density at radius 2 is 1.88 bits per heavy atom. The average molecular weight is 609 g/mol. The molecule has 11 heteroatoms. The van der Waals surface area contributed by atoms with E-state index in [2.05, 4.69) is 22.1 Å². The lowest BCUT2D eigenvalue weighted by Gasteiger charge is -2.40. The van der Waals surface area contributed by atoms with Crippen LogP contribution in [-0.2, 0) is 19.1 Å². The summed E-state index contributed by atoms with van der Waals surface area (Å²) in [5.41, 5.74) is -0.104. The first-order valence-corrected chi connectivity index (χ1v) is 16.5. The summed E-state index contributed by atoms with van der Waals surface area (Å²) in [6, 6.07) is -1.27. The molecule has 10 nitrogen and oxygen atoms in total. The van der Waals surface area contributed by atoms with E-state index in [1.54, 1.807) is 0 Å². The second-order valence-electron chi connectivity index (χ2n) is 12.0. The maximum atomic E-state index is 14.5. The number of carboxylic acid groups (broad SMARTS) is 1. The van der Waals surface area contributed by atoms with Gasteiger partial charge in [-0.05, 0) is 44.7 Å². The molecule has 1 fully saturated rings. The summed E-state index contributed by atoms with van der Waals surface area (Å²) in [7, 11) is 1.96. The lowest BCUT2D eigenvalue weighted by molar-refractivity contribution is -0.149. The number of hydrogen-bond donors (Lipinski definition) is 2. The number of aromatic carboxylic acids is 1. The molecule has 5 atom stereocenters. The van der Waals surface area contributed by atoms with Gasteiger partial charge in [0.05, 0.1) is 6.04 Å². The van der Waals surface area contributed by atoms with Crippen LogP contribution in [0.15, 0.2) is 5.38 Å². The Labute approximate surface area is 255 Å². The quantitative estimate of drug-likeness (QED) is 0.180. The number of thiazole rings is 1. The van der Waals surface area contributed by atoms with Gasteiger partial charge >= 0.3 is 11.9 Å². The lowest BCUT2D eigenvalue weighted by atomic mass is 9.91. The average Bonchev–Trinajstić information content (AvgIpc) is 3.44. The highest BCUT2D eigenvalue weighted by atomic mass is 32.1. The topological polar surface area (TPSA) is 129 Å². The van der Waals surface area contributed by atoms with Gasteiger partial charge in [-0.3, -0.25) is 19.3 Å². The van der Waals surface area contributed by atoms with E-state index in [4.69, 9.17) is 4.74 Å². The maximum Gasteiger partial charge on any atom is 0.355 e. The number of esters is 1. The molecule has 2 amide bonds. The minimum absolute atomic E-state index is 0.00477. The van der Waals surface area contributed by atoms with Crippen LogP contribution in [0.4, 0.5) is 0 Å². The Morgan fingerprint density at radius 1 is 1.17 bits per heavy atom. The van der Waals surface area contributed by atoms with Crippen LogP contribution < -0.4 is 5.32 Å². The Balaban J connectivity index is 2.43. The largest absolute Gasteiger partial charge is 0.476 e. The van der Waals surface area contributed by atoms with Crippen molar-refractivity contribution < 1.29 is 29.0 Å². The number of carboxylic acids is 1. The van der Waals surface area contributed by atoms with Gasteiger partial charge in [-0.25, -0.2) is 9.78 Å². The number of amides is 2. The van der Waals surface area contributed by atoms with Gasteiger partial charge < -0.3 is 20.1 Å². The Kier molecular flexibility index (Phi) is 14.9. The number of nitrogens with zero attached hydrogens (tertiary/aromatic N) is 3. The van der Waals surface area contributed by atoms with E-state index < -0.39 is 24.1 Å². The number of likely N-dealkylation sites (tertiary alicyclic amines) is 1. The minimum Gasteiger partial charge on any atom is -0.476 e. The fourth-order valence-electron chi connectivity index (χ4n) is 5.58. The number of carbonyl (C=O) groups is 4. The van der Waals surface area contributed by atoms with Crippen LogP contribution in [0.1, 0.15) is 121 Å². The first-order chi connectivity index (χ1) is 19.9. The molecule has 1 aliphatic heterocycles. The first-order valence-electron chi connectivity index (χ1n) is 15.6. The summed E-state index contributed by atoms with van der Waals surface area (Å²) >= 11 is 1.13. The SMILES string of the molecule is CCCCCCN(C(=O)[C@@H](NC(=O)[C@H]1CCCCN1C)[C@@H](C)CC)[C@H](C[C@@H](OC(C)=O)c1nc(C(=O)O)cs1)C(C)C. The number of ether oxygens (including phenoxy) is 1. The van der Waals surface area contributed by atoms with Crippen molar-refractivity contribution in [3.63, 3.8) is 0 Å². The minimum atomic E-state index is -1.15. The molecular formula is C31H52N4O6S. The predicted molar refractivity (Wildman–Crippen MR) is 164 cm³/mol. The summed E-state index contributed by atoms with van der Waals surface area (Å²) in [6.45, 7) is 12.9. The smallest absolute Gasteiger partial charge is 0.355 e. The normalized spacial score (nSPS) is 18.6. The highest BCUT2D eigenvalue weighted by Gasteiger charge is 2.38. The zero-order chi connectivity index (χ0) is 31.4. The van der Waals surface area contributed by atoms with Crippen molar-refractivity contribution in [2.45, 2.75) is 124 Å². The molecule has 1 aromatic heterocycles. The molecule has 0 unspecified atom stereocenters. The van der Waals surface area contributed by atoms with Crippen molar-refractivity contribution in [3.8, 4) is 0 Å². The number of unbranched alkanes of at least 4 members (excludes halogenated alkanes) is 3. The number of carbonyl (C=O) groups excluding carboxylic acids is 3. The number of aromatic nitrogens is 1. The fourth-order valence-corrected chi connectivity index (χ4v) is 6.41. The molecule has 1 aromatic rings. The van der Waals surface area contributed by atoms with Gasteiger partial charge in [0.2, 0.25) is 11.8 Å². The Morgan fingerprint density at radius 3 is 2.43 bits per heavy atom. The maximum absolute atomic E-state index is 14.5. The third-order valence-corrected chi connectivity index (χ3v) is 9.27. The molecule has 0 aliphatic carbocycles. The Hall–Kier alpha value is -2.53. The first kappa shape index (κ1) is 35.7. The van der Waals surface area contributed by atoms with Crippen molar-refractivity contribution in [1.82, 2.24) is 20.1 Å². The summed E-state index contributed by atoms with van der Waals surface area (Å²) in [5, 5.41) is 14.4. The van der Waals surface area contributed by atoms with Gasteiger partial charge in [-0.1, -0.05) is 66.7 Å². The van der Waals surface area contributed by atoms with E-state index in [0.717, 1.165) is 69.2 Å². The van der Waals surface area contributed by atoms with Crippen molar-refractivity contribution in [3.05, 3.63) is 16.1 Å². The van der Waals surface area contributed by atoms with Gasteiger partial charge in [0.15, 0.2) is 11.8 Å². The van der Waals surface area contributed by atoms with E-state index in [1.807, 2.05) is 39.6 Å². The third kappa shape index (κ3) is 10.3. The zero-order valence-electron chi connectivity index (χ0n) is 26.6. The molecule has 0 saturated carbocycles. The molecule has 42 heavy (non-hydrogen) atoms. The van der Waals surface area contributed by atoms with Gasteiger partial charge in [-0.15, -0.1) is 11.3 Å². The standard InChI is InChI=1S/C31H52N4O6S/c1-8-10-11-13-17-35(30(38)27(21(5)9-2)33-28(37)24-15-12-14-16-34(24)7)25(20(3)4)18-26(41-22(6)36)29-32-23(19-42-29)31(39)40/h19-21,24-27H,8-18H2,1-7H3,(H,33,37)(H,39,40)/t21-,24+,25+,26+,27-/m0/s1. The highest BCUT2D eigenvalue weighted by molar-refractivity contribution is 7.09. The molecule has 0 bridgehead atoms. The van der Waals surface area contributed by atoms with E-state index in [-0.39, 0.29) is 47.8 Å². The molecule has 0 radical (unpaired) electrons. The summed E-state index contributed by atoms with van der Waals surface area (Å²) in [5.74, 6) is -1.97. The van der Waals surface area contributed by atoms with Crippen molar-refractivity contribution >= 4 is 35.1 Å². The second-order valence-corrected chi connectivity index (χ2v) is 12.9. The lowest BCUT2D eigenvalue weighted by Crippen LogP contribution is -2.59. The number of piperidine rings is 1. The molecule has 2 N–H and O–H groups in total. The number of likely N-dealkylation sites (N-methyl/N-ethyl adjacent to an activating group) is 1. The molecule has 1 aliphatic rings. The molecule has 0 aromatic carbocycles. The molecular weight excluding hydrogens is 556 g/mol. The van der Waals surface area contributed by atoms with Crippen LogP contribution in [-0.4, -0.2) is 81.9 Å². The second kappa shape index (κ2) is 17.6. The van der Waals surface area contributed by atoms with Gasteiger partial charge in [-0.2, -0.15) is 0 Å². The predicted octanol–water partition coefficient (Wildman–Crippen LogP) is 5.28. The van der Waals surface area contributed by atoms with Gasteiger partial charge in [0, 0.05) is 31.3 Å². The summed E-state index contributed by atoms with van der Waals surface area (Å²) < 4.78 is 5.67. The van der Waals surface area contributed by atoms with Gasteiger partial charge in [0.25, 0.3) is 0 Å². The molecule has 2 heterocycles. The summed E-state index contributed by atoms with van der Waals surface area (Å²) in [4.78, 5) is 59.7. The number of hydrogen-bond acceptors (Lipinski definition) is 8. The monoisotopic (exact) mass is 608 g/mol. The van der Waals surface area contributed by atoms with Gasteiger partial charge in [0.1, 0.15) is 11.0 Å². The molecule has 1 saturated heterocycles. The highest BCUT2D eigenvalue weighted by Crippen LogP contribution is 2.32. The number of nitrogens with one attached hydrogen (secondary N) is 1.